The van der Waals surface area contributed by atoms with Gasteiger partial charge in [0.2, 0.25) is 5.88 Å². The summed E-state index contributed by atoms with van der Waals surface area (Å²) in [5, 5.41) is 14.3. The van der Waals surface area contributed by atoms with E-state index >= 15 is 0 Å². The molecule has 2 aromatic heterocycles. The van der Waals surface area contributed by atoms with Crippen molar-refractivity contribution in [3.05, 3.63) is 47.5 Å². The summed E-state index contributed by atoms with van der Waals surface area (Å²) in [7, 11) is 0. The predicted molar refractivity (Wildman–Crippen MR) is 117 cm³/mol. The van der Waals surface area contributed by atoms with Gasteiger partial charge < -0.3 is 20.5 Å². The van der Waals surface area contributed by atoms with Crippen molar-refractivity contribution < 1.29 is 14.6 Å². The van der Waals surface area contributed by atoms with E-state index in [1.54, 1.807) is 21.8 Å². The van der Waals surface area contributed by atoms with Crippen LogP contribution in [0, 0.1) is 5.41 Å². The van der Waals surface area contributed by atoms with Crippen LogP contribution < -0.4 is 15.4 Å². The van der Waals surface area contributed by atoms with E-state index in [1.165, 1.54) is 6.33 Å². The van der Waals surface area contributed by atoms with Gasteiger partial charge in [-0.05, 0) is 12.1 Å². The molecule has 10 heteroatoms. The molecule has 1 aliphatic heterocycles. The van der Waals surface area contributed by atoms with Crippen LogP contribution in [0.2, 0.25) is 5.02 Å². The van der Waals surface area contributed by atoms with Crippen LogP contribution in [0.5, 0.6) is 5.88 Å². The van der Waals surface area contributed by atoms with Gasteiger partial charge in [-0.15, -0.1) is 0 Å². The van der Waals surface area contributed by atoms with Gasteiger partial charge in [0.15, 0.2) is 0 Å². The van der Waals surface area contributed by atoms with Crippen LogP contribution in [0.1, 0.15) is 24.2 Å². The number of aromatic nitrogens is 4. The quantitative estimate of drug-likeness (QED) is 0.623. The van der Waals surface area contributed by atoms with Crippen molar-refractivity contribution >= 4 is 29.0 Å². The van der Waals surface area contributed by atoms with Crippen LogP contribution in [0.4, 0.5) is 11.5 Å². The molecule has 0 saturated heterocycles. The number of nitrogen functional groups attached to an aromatic ring is 1. The monoisotopic (exact) mass is 442 g/mol. The molecule has 162 valence electrons. The average Bonchev–Trinajstić information content (AvgIpc) is 3.10. The molecule has 0 fully saturated rings. The Balaban J connectivity index is 1.62. The zero-order valence-corrected chi connectivity index (χ0v) is 18.0. The first-order valence-corrected chi connectivity index (χ1v) is 10.2. The van der Waals surface area contributed by atoms with Crippen molar-refractivity contribution in [3.63, 3.8) is 0 Å². The van der Waals surface area contributed by atoms with Crippen LogP contribution in [0.15, 0.2) is 36.9 Å². The molecular weight excluding hydrogens is 420 g/mol. The maximum Gasteiger partial charge on any atom is 0.267 e. The van der Waals surface area contributed by atoms with Gasteiger partial charge in [0.05, 0.1) is 17.8 Å². The van der Waals surface area contributed by atoms with Gasteiger partial charge in [-0.2, -0.15) is 5.10 Å². The maximum absolute atomic E-state index is 13.1. The highest BCUT2D eigenvalue weighted by Crippen LogP contribution is 2.34. The fourth-order valence-electron chi connectivity index (χ4n) is 3.39. The lowest BCUT2D eigenvalue weighted by Crippen LogP contribution is -2.32. The van der Waals surface area contributed by atoms with Crippen molar-refractivity contribution in [2.75, 3.05) is 30.4 Å². The van der Waals surface area contributed by atoms with E-state index in [9.17, 15) is 9.90 Å². The number of nitrogens with zero attached hydrogens (tertiary/aromatic N) is 5. The third kappa shape index (κ3) is 4.19. The van der Waals surface area contributed by atoms with Gasteiger partial charge in [0.25, 0.3) is 5.91 Å². The highest BCUT2D eigenvalue weighted by molar-refractivity contribution is 6.33. The molecule has 3 aromatic rings. The molecule has 0 spiro atoms. The minimum atomic E-state index is -0.339. The van der Waals surface area contributed by atoms with E-state index in [1.807, 2.05) is 32.2 Å². The Hall–Kier alpha value is -3.17. The number of benzene rings is 1. The Labute approximate surface area is 184 Å². The summed E-state index contributed by atoms with van der Waals surface area (Å²) in [5.74, 6) is -0.0859. The Morgan fingerprint density at radius 3 is 2.87 bits per heavy atom. The number of aliphatic hydroxyl groups is 1. The number of ether oxygens (including phenoxy) is 1. The molecule has 0 saturated carbocycles. The molecule has 1 amide bonds. The Morgan fingerprint density at radius 1 is 1.32 bits per heavy atom. The number of hydrogen-bond donors (Lipinski definition) is 2. The number of aliphatic hydroxyl groups excluding tert-OH is 1. The molecule has 0 unspecified atom stereocenters. The van der Waals surface area contributed by atoms with Crippen molar-refractivity contribution in [3.8, 4) is 17.0 Å². The highest BCUT2D eigenvalue weighted by atomic mass is 35.5. The molecule has 3 N–H and O–H groups in total. The summed E-state index contributed by atoms with van der Waals surface area (Å²) in [4.78, 5) is 22.6. The van der Waals surface area contributed by atoms with Gasteiger partial charge >= 0.3 is 0 Å². The first-order chi connectivity index (χ1) is 14.8. The topological polar surface area (TPSA) is 119 Å². The van der Waals surface area contributed by atoms with Crippen molar-refractivity contribution in [1.29, 1.82) is 0 Å². The van der Waals surface area contributed by atoms with Crippen LogP contribution in [-0.4, -0.2) is 50.5 Å². The van der Waals surface area contributed by atoms with E-state index in [2.05, 4.69) is 15.1 Å². The highest BCUT2D eigenvalue weighted by Gasteiger charge is 2.29. The summed E-state index contributed by atoms with van der Waals surface area (Å²) in [6.45, 7) is 5.15. The van der Waals surface area contributed by atoms with E-state index < -0.39 is 0 Å². The number of anilines is 2. The normalized spacial score (nSPS) is 14.2. The van der Waals surface area contributed by atoms with Gasteiger partial charge in [-0.1, -0.05) is 31.5 Å². The molecular formula is C21H23ClN6O3. The fourth-order valence-corrected chi connectivity index (χ4v) is 3.68. The zero-order chi connectivity index (χ0) is 22.2. The van der Waals surface area contributed by atoms with E-state index in [0.29, 0.717) is 23.8 Å². The predicted octanol–water partition coefficient (Wildman–Crippen LogP) is 2.63. The van der Waals surface area contributed by atoms with Crippen LogP contribution in [0.25, 0.3) is 11.1 Å². The molecule has 31 heavy (non-hydrogen) atoms. The SMILES string of the molecule is CC(C)(CO)Cn1cc(-c2ccc(N3CCOc4ncnc(N)c4C3=O)cc2Cl)cn1. The molecule has 0 radical (unpaired) electrons. The summed E-state index contributed by atoms with van der Waals surface area (Å²) >= 11 is 6.58. The third-order valence-corrected chi connectivity index (χ3v) is 5.39. The summed E-state index contributed by atoms with van der Waals surface area (Å²) in [6, 6.07) is 5.40. The first-order valence-electron chi connectivity index (χ1n) is 9.77. The Morgan fingerprint density at radius 2 is 2.13 bits per heavy atom. The lowest BCUT2D eigenvalue weighted by Gasteiger charge is -2.21. The van der Waals surface area contributed by atoms with Gasteiger partial charge in [-0.3, -0.25) is 9.48 Å². The number of fused-ring (bicyclic) bond motifs is 1. The van der Waals surface area contributed by atoms with Gasteiger partial charge in [-0.25, -0.2) is 9.97 Å². The minimum Gasteiger partial charge on any atom is -0.475 e. The third-order valence-electron chi connectivity index (χ3n) is 5.08. The largest absolute Gasteiger partial charge is 0.475 e. The molecule has 9 nitrogen and oxygen atoms in total. The molecule has 0 atom stereocenters. The summed E-state index contributed by atoms with van der Waals surface area (Å²) < 4.78 is 7.35. The van der Waals surface area contributed by atoms with Crippen molar-refractivity contribution in [2.24, 2.45) is 5.41 Å². The number of hydrogen-bond acceptors (Lipinski definition) is 7. The molecule has 0 bridgehead atoms. The average molecular weight is 443 g/mol. The number of rotatable bonds is 5. The van der Waals surface area contributed by atoms with Crippen LogP contribution >= 0.6 is 11.6 Å². The maximum atomic E-state index is 13.1. The second kappa shape index (κ2) is 8.16. The lowest BCUT2D eigenvalue weighted by atomic mass is 9.95. The minimum absolute atomic E-state index is 0.0594. The Bertz CT molecular complexity index is 1130. The van der Waals surface area contributed by atoms with E-state index in [0.717, 1.165) is 11.1 Å². The molecule has 3 heterocycles. The smallest absolute Gasteiger partial charge is 0.267 e. The summed E-state index contributed by atoms with van der Waals surface area (Å²) in [6.07, 6.45) is 4.88. The van der Waals surface area contributed by atoms with Crippen LogP contribution in [-0.2, 0) is 6.54 Å². The fraction of sp³-hybridized carbons (Fsp3) is 0.333. The number of nitrogens with two attached hydrogens (primary N) is 1. The number of amides is 1. The van der Waals surface area contributed by atoms with E-state index in [-0.39, 0.29) is 41.8 Å². The van der Waals surface area contributed by atoms with Crippen molar-refractivity contribution in [1.82, 2.24) is 19.7 Å². The molecule has 1 aliphatic rings. The van der Waals surface area contributed by atoms with Gasteiger partial charge in [0.1, 0.15) is 24.3 Å². The van der Waals surface area contributed by atoms with Gasteiger partial charge in [0, 0.05) is 41.6 Å². The second-order valence-corrected chi connectivity index (χ2v) is 8.56. The molecule has 0 aliphatic carbocycles. The molecule has 1 aromatic carbocycles. The molecule has 4 rings (SSSR count). The Kier molecular flexibility index (Phi) is 5.55. The lowest BCUT2D eigenvalue weighted by molar-refractivity contribution is 0.0990. The van der Waals surface area contributed by atoms with E-state index in [4.69, 9.17) is 22.1 Å². The summed E-state index contributed by atoms with van der Waals surface area (Å²) in [5.41, 5.74) is 8.02. The number of carbonyl (C=O) groups excluding carboxylic acids is 1. The number of halogens is 1. The first kappa shape index (κ1) is 21.1. The zero-order valence-electron chi connectivity index (χ0n) is 17.2. The number of carbonyl (C=O) groups is 1. The van der Waals surface area contributed by atoms with Crippen LogP contribution in [0.3, 0.4) is 0 Å². The van der Waals surface area contributed by atoms with Crippen molar-refractivity contribution in [2.45, 2.75) is 20.4 Å². The second-order valence-electron chi connectivity index (χ2n) is 8.16. The standard InChI is InChI=1S/C21H23ClN6O3/c1-21(2,11-29)10-27-9-13(8-26-27)15-4-3-14(7-16(15)22)28-5-6-31-19-17(20(28)30)18(23)24-12-25-19/h3-4,7-9,12,29H,5-6,10-11H2,1-2H3,(H2,23,24,25).